The zero-order chi connectivity index (χ0) is 13.0. The van der Waals surface area contributed by atoms with Crippen LogP contribution in [-0.4, -0.2) is 21.9 Å². The number of benzene rings is 1. The molecule has 0 aliphatic rings. The summed E-state index contributed by atoms with van der Waals surface area (Å²) in [6.07, 6.45) is 0. The minimum absolute atomic E-state index is 0.215. The van der Waals surface area contributed by atoms with E-state index in [4.69, 9.17) is 28.3 Å². The van der Waals surface area contributed by atoms with Gasteiger partial charge in [0, 0.05) is 16.3 Å². The highest BCUT2D eigenvalue weighted by atomic mass is 35.5. The first-order chi connectivity index (χ1) is 7.91. The highest BCUT2D eigenvalue weighted by Gasteiger charge is 2.16. The number of rotatable bonds is 4. The molecule has 0 aliphatic heterocycles. The lowest BCUT2D eigenvalue weighted by molar-refractivity contribution is -0.140. The van der Waals surface area contributed by atoms with Crippen molar-refractivity contribution in [1.29, 1.82) is 0 Å². The first-order valence-corrected chi connectivity index (χ1v) is 6.51. The average molecular weight is 293 g/mol. The summed E-state index contributed by atoms with van der Waals surface area (Å²) in [7, 11) is 0. The molecule has 1 N–H and O–H groups in total. The molecular weight excluding hydrogens is 283 g/mol. The summed E-state index contributed by atoms with van der Waals surface area (Å²) in [5, 5.41) is 9.17. The third kappa shape index (κ3) is 4.22. The molecule has 0 aromatic heterocycles. The van der Waals surface area contributed by atoms with Gasteiger partial charge in [-0.05, 0) is 18.2 Å². The van der Waals surface area contributed by atoms with Crippen LogP contribution in [0.4, 0.5) is 0 Å². The van der Waals surface area contributed by atoms with Gasteiger partial charge in [0.05, 0.1) is 10.9 Å². The van der Waals surface area contributed by atoms with Gasteiger partial charge in [-0.25, -0.2) is 0 Å². The first-order valence-electron chi connectivity index (χ1n) is 4.76. The number of carboxylic acid groups (broad SMARTS) is 1. The van der Waals surface area contributed by atoms with E-state index < -0.39 is 11.9 Å². The molecule has 6 heteroatoms. The largest absolute Gasteiger partial charge is 0.481 e. The molecule has 1 atom stereocenters. The Balaban J connectivity index is 2.67. The van der Waals surface area contributed by atoms with Crippen LogP contribution in [0.1, 0.15) is 17.3 Å². The van der Waals surface area contributed by atoms with Gasteiger partial charge in [0.2, 0.25) is 5.12 Å². The molecule has 1 rings (SSSR count). The van der Waals surface area contributed by atoms with Crippen molar-refractivity contribution < 1.29 is 14.7 Å². The highest BCUT2D eigenvalue weighted by molar-refractivity contribution is 8.14. The zero-order valence-corrected chi connectivity index (χ0v) is 11.3. The van der Waals surface area contributed by atoms with Crippen LogP contribution in [-0.2, 0) is 4.79 Å². The van der Waals surface area contributed by atoms with Gasteiger partial charge in [0.25, 0.3) is 0 Å². The Kier molecular flexibility index (Phi) is 5.31. The predicted molar refractivity (Wildman–Crippen MR) is 70.1 cm³/mol. The highest BCUT2D eigenvalue weighted by Crippen LogP contribution is 2.25. The molecular formula is C11H10Cl2O3S. The Hall–Kier alpha value is -0.710. The summed E-state index contributed by atoms with van der Waals surface area (Å²) in [4.78, 5) is 22.3. The number of carbonyl (C=O) groups excluding carboxylic acids is 1. The van der Waals surface area contributed by atoms with Gasteiger partial charge in [0.1, 0.15) is 0 Å². The second kappa shape index (κ2) is 6.28. The topological polar surface area (TPSA) is 54.4 Å². The van der Waals surface area contributed by atoms with Gasteiger partial charge in [-0.15, -0.1) is 0 Å². The van der Waals surface area contributed by atoms with Crippen LogP contribution in [0.5, 0.6) is 0 Å². The minimum Gasteiger partial charge on any atom is -0.481 e. The summed E-state index contributed by atoms with van der Waals surface area (Å²) >= 11 is 12.5. The van der Waals surface area contributed by atoms with E-state index in [2.05, 4.69) is 0 Å². The molecule has 3 nitrogen and oxygen atoms in total. The minimum atomic E-state index is -0.924. The summed E-state index contributed by atoms with van der Waals surface area (Å²) in [6, 6.07) is 4.59. The first kappa shape index (κ1) is 14.4. The molecule has 0 saturated heterocycles. The number of aliphatic carboxylic acids is 1. The number of hydrogen-bond acceptors (Lipinski definition) is 3. The van der Waals surface area contributed by atoms with E-state index in [1.807, 2.05) is 0 Å². The normalized spacial score (nSPS) is 12.2. The van der Waals surface area contributed by atoms with Crippen LogP contribution in [0.25, 0.3) is 0 Å². The molecule has 0 amide bonds. The van der Waals surface area contributed by atoms with Crippen molar-refractivity contribution in [2.75, 3.05) is 5.75 Å². The molecule has 0 fully saturated rings. The van der Waals surface area contributed by atoms with Crippen LogP contribution < -0.4 is 0 Å². The number of carboxylic acids is 1. The third-order valence-electron chi connectivity index (χ3n) is 2.04. The monoisotopic (exact) mass is 292 g/mol. The van der Waals surface area contributed by atoms with Crippen LogP contribution in [0.3, 0.4) is 0 Å². The molecule has 0 heterocycles. The molecule has 1 unspecified atom stereocenters. The van der Waals surface area contributed by atoms with Crippen molar-refractivity contribution >= 4 is 46.0 Å². The molecule has 0 spiro atoms. The zero-order valence-electron chi connectivity index (χ0n) is 8.94. The van der Waals surface area contributed by atoms with Crippen LogP contribution in [0.2, 0.25) is 10.0 Å². The van der Waals surface area contributed by atoms with Crippen molar-refractivity contribution in [1.82, 2.24) is 0 Å². The van der Waals surface area contributed by atoms with E-state index in [9.17, 15) is 9.59 Å². The van der Waals surface area contributed by atoms with E-state index in [-0.39, 0.29) is 15.9 Å². The summed E-state index contributed by atoms with van der Waals surface area (Å²) in [6.45, 7) is 1.55. The van der Waals surface area contributed by atoms with Gasteiger partial charge in [-0.2, -0.15) is 0 Å². The maximum absolute atomic E-state index is 11.7. The van der Waals surface area contributed by atoms with Crippen molar-refractivity contribution in [2.24, 2.45) is 5.92 Å². The molecule has 0 bridgehead atoms. The molecule has 0 saturated carbocycles. The number of hydrogen-bond donors (Lipinski definition) is 1. The summed E-state index contributed by atoms with van der Waals surface area (Å²) < 4.78 is 0. The lowest BCUT2D eigenvalue weighted by atomic mass is 10.2. The smallest absolute Gasteiger partial charge is 0.307 e. The van der Waals surface area contributed by atoms with Gasteiger partial charge in [-0.3, -0.25) is 9.59 Å². The van der Waals surface area contributed by atoms with E-state index in [1.165, 1.54) is 12.1 Å². The number of carbonyl (C=O) groups is 2. The van der Waals surface area contributed by atoms with Crippen LogP contribution >= 0.6 is 35.0 Å². The molecule has 1 aromatic rings. The number of thioether (sulfide) groups is 1. The van der Waals surface area contributed by atoms with E-state index in [0.29, 0.717) is 10.6 Å². The second-order valence-corrected chi connectivity index (χ2v) is 5.30. The average Bonchev–Trinajstić information content (AvgIpc) is 2.25. The van der Waals surface area contributed by atoms with Crippen molar-refractivity contribution in [2.45, 2.75) is 6.92 Å². The number of halogens is 2. The fourth-order valence-electron chi connectivity index (χ4n) is 1.00. The molecule has 0 aliphatic carbocycles. The SMILES string of the molecule is CC(CSC(=O)c1ccc(Cl)cc1Cl)C(=O)O. The Morgan fingerprint density at radius 2 is 2.06 bits per heavy atom. The predicted octanol–water partition coefficient (Wildman–Crippen LogP) is 3.59. The van der Waals surface area contributed by atoms with Crippen LogP contribution in [0.15, 0.2) is 18.2 Å². The lowest BCUT2D eigenvalue weighted by Crippen LogP contribution is -2.13. The third-order valence-corrected chi connectivity index (χ3v) is 3.73. The fourth-order valence-corrected chi connectivity index (χ4v) is 2.43. The molecule has 92 valence electrons. The van der Waals surface area contributed by atoms with Crippen LogP contribution in [0, 0.1) is 5.92 Å². The summed E-state index contributed by atoms with van der Waals surface area (Å²) in [5.74, 6) is -1.28. The Morgan fingerprint density at radius 3 is 2.59 bits per heavy atom. The van der Waals surface area contributed by atoms with Crippen molar-refractivity contribution in [3.8, 4) is 0 Å². The maximum atomic E-state index is 11.7. The quantitative estimate of drug-likeness (QED) is 0.921. The Morgan fingerprint density at radius 1 is 1.41 bits per heavy atom. The second-order valence-electron chi connectivity index (χ2n) is 3.46. The van der Waals surface area contributed by atoms with Crippen molar-refractivity contribution in [3.05, 3.63) is 33.8 Å². The van der Waals surface area contributed by atoms with Gasteiger partial charge in [0.15, 0.2) is 0 Å². The Bertz CT molecular complexity index is 448. The van der Waals surface area contributed by atoms with Gasteiger partial charge in [-0.1, -0.05) is 41.9 Å². The molecule has 0 radical (unpaired) electrons. The van der Waals surface area contributed by atoms with Gasteiger partial charge < -0.3 is 5.11 Å². The lowest BCUT2D eigenvalue weighted by Gasteiger charge is -2.06. The van der Waals surface area contributed by atoms with Crippen molar-refractivity contribution in [3.63, 3.8) is 0 Å². The fraction of sp³-hybridized carbons (Fsp3) is 0.273. The summed E-state index contributed by atoms with van der Waals surface area (Å²) in [5.41, 5.74) is 0.346. The van der Waals surface area contributed by atoms with E-state index in [1.54, 1.807) is 13.0 Å². The molecule has 17 heavy (non-hydrogen) atoms. The molecule has 1 aromatic carbocycles. The van der Waals surface area contributed by atoms with Gasteiger partial charge >= 0.3 is 5.97 Å². The Labute approximate surface area is 113 Å². The van der Waals surface area contributed by atoms with E-state index in [0.717, 1.165) is 11.8 Å². The van der Waals surface area contributed by atoms with E-state index >= 15 is 0 Å². The maximum Gasteiger partial charge on any atom is 0.307 e. The standard InChI is InChI=1S/C11H10Cl2O3S/c1-6(10(14)15)5-17-11(16)8-3-2-7(12)4-9(8)13/h2-4,6H,5H2,1H3,(H,14,15).